The lowest BCUT2D eigenvalue weighted by Crippen LogP contribution is -2.30. The van der Waals surface area contributed by atoms with E-state index in [0.717, 1.165) is 25.5 Å². The SMILES string of the molecule is Cc1nnc(NC(=O)C(Sc2cccc(NC(=O)/C(=C/c3ccc(Br)cc3)NC(=O)c3ccccc3)c2)c2ccccc2)s1. The molecule has 220 valence electrons. The number of nitrogens with zero attached hydrogens (tertiary/aromatic N) is 2. The molecule has 44 heavy (non-hydrogen) atoms. The molecule has 3 amide bonds. The molecule has 0 aliphatic carbocycles. The highest BCUT2D eigenvalue weighted by Crippen LogP contribution is 2.37. The zero-order valence-corrected chi connectivity index (χ0v) is 26.6. The molecule has 0 aliphatic rings. The zero-order valence-electron chi connectivity index (χ0n) is 23.4. The average Bonchev–Trinajstić information content (AvgIpc) is 3.45. The van der Waals surface area contributed by atoms with E-state index >= 15 is 0 Å². The number of halogens is 1. The molecule has 5 rings (SSSR count). The van der Waals surface area contributed by atoms with Crippen molar-refractivity contribution in [3.63, 3.8) is 0 Å². The minimum Gasteiger partial charge on any atom is -0.321 e. The van der Waals surface area contributed by atoms with Gasteiger partial charge in [0, 0.05) is 20.6 Å². The number of aromatic nitrogens is 2. The molecule has 0 fully saturated rings. The predicted octanol–water partition coefficient (Wildman–Crippen LogP) is 7.49. The lowest BCUT2D eigenvalue weighted by atomic mass is 10.1. The molecule has 1 heterocycles. The maximum atomic E-state index is 13.5. The number of hydrogen-bond acceptors (Lipinski definition) is 7. The van der Waals surface area contributed by atoms with Gasteiger partial charge in [-0.25, -0.2) is 0 Å². The molecule has 0 radical (unpaired) electrons. The summed E-state index contributed by atoms with van der Waals surface area (Å²) in [6, 6.07) is 32.7. The van der Waals surface area contributed by atoms with E-state index in [9.17, 15) is 14.4 Å². The number of amides is 3. The van der Waals surface area contributed by atoms with E-state index in [4.69, 9.17) is 0 Å². The molecule has 1 aromatic heterocycles. The van der Waals surface area contributed by atoms with Crippen LogP contribution >= 0.6 is 39.0 Å². The summed E-state index contributed by atoms with van der Waals surface area (Å²) < 4.78 is 0.893. The minimum atomic E-state index is -0.593. The third-order valence-electron chi connectivity index (χ3n) is 6.15. The van der Waals surface area contributed by atoms with Crippen molar-refractivity contribution in [3.05, 3.63) is 141 Å². The van der Waals surface area contributed by atoms with Gasteiger partial charge in [0.15, 0.2) is 0 Å². The van der Waals surface area contributed by atoms with Crippen molar-refractivity contribution in [2.45, 2.75) is 17.1 Å². The fourth-order valence-electron chi connectivity index (χ4n) is 4.07. The summed E-state index contributed by atoms with van der Waals surface area (Å²) in [6.07, 6.45) is 1.62. The van der Waals surface area contributed by atoms with Crippen LogP contribution in [0, 0.1) is 6.92 Å². The second-order valence-corrected chi connectivity index (χ2v) is 12.7. The Balaban J connectivity index is 1.37. The molecular formula is C33H26BrN5O3S2. The van der Waals surface area contributed by atoms with Gasteiger partial charge >= 0.3 is 0 Å². The monoisotopic (exact) mass is 683 g/mol. The van der Waals surface area contributed by atoms with Crippen LogP contribution in [0.5, 0.6) is 0 Å². The highest BCUT2D eigenvalue weighted by molar-refractivity contribution is 9.10. The molecule has 1 unspecified atom stereocenters. The van der Waals surface area contributed by atoms with E-state index in [1.165, 1.54) is 23.1 Å². The van der Waals surface area contributed by atoms with Crippen LogP contribution < -0.4 is 16.0 Å². The summed E-state index contributed by atoms with van der Waals surface area (Å²) in [7, 11) is 0. The van der Waals surface area contributed by atoms with Crippen LogP contribution in [0.1, 0.15) is 31.7 Å². The Kier molecular flexibility index (Phi) is 10.3. The first-order valence-electron chi connectivity index (χ1n) is 13.4. The molecule has 3 N–H and O–H groups in total. The number of thioether (sulfide) groups is 1. The van der Waals surface area contributed by atoms with Crippen molar-refractivity contribution < 1.29 is 14.4 Å². The van der Waals surface area contributed by atoms with Crippen LogP contribution in [0.3, 0.4) is 0 Å². The van der Waals surface area contributed by atoms with Gasteiger partial charge in [0.2, 0.25) is 11.0 Å². The molecular weight excluding hydrogens is 658 g/mol. The Morgan fingerprint density at radius 3 is 2.23 bits per heavy atom. The number of hydrogen-bond donors (Lipinski definition) is 3. The Bertz CT molecular complexity index is 1800. The number of carbonyl (C=O) groups is 3. The Hall–Kier alpha value is -4.58. The smallest absolute Gasteiger partial charge is 0.272 e. The lowest BCUT2D eigenvalue weighted by Gasteiger charge is -2.17. The number of aryl methyl sites for hydroxylation is 1. The zero-order chi connectivity index (χ0) is 30.9. The number of benzene rings is 4. The average molecular weight is 685 g/mol. The van der Waals surface area contributed by atoms with E-state index in [-0.39, 0.29) is 11.6 Å². The summed E-state index contributed by atoms with van der Waals surface area (Å²) in [6.45, 7) is 1.82. The summed E-state index contributed by atoms with van der Waals surface area (Å²) in [5, 5.41) is 17.1. The Labute approximate surface area is 271 Å². The highest BCUT2D eigenvalue weighted by atomic mass is 79.9. The number of nitrogens with one attached hydrogen (secondary N) is 3. The molecule has 0 aliphatic heterocycles. The van der Waals surface area contributed by atoms with Crippen LogP contribution in [0.15, 0.2) is 124 Å². The van der Waals surface area contributed by atoms with E-state index in [1.54, 1.807) is 48.5 Å². The maximum absolute atomic E-state index is 13.5. The van der Waals surface area contributed by atoms with Crippen molar-refractivity contribution in [2.75, 3.05) is 10.6 Å². The molecule has 5 aromatic rings. The summed E-state index contributed by atoms with van der Waals surface area (Å²) in [4.78, 5) is 40.6. The molecule has 0 saturated carbocycles. The topological polar surface area (TPSA) is 113 Å². The van der Waals surface area contributed by atoms with Gasteiger partial charge in [-0.15, -0.1) is 22.0 Å². The van der Waals surface area contributed by atoms with E-state index in [0.29, 0.717) is 16.4 Å². The Morgan fingerprint density at radius 2 is 1.55 bits per heavy atom. The van der Waals surface area contributed by atoms with Crippen LogP contribution in [-0.4, -0.2) is 27.9 Å². The summed E-state index contributed by atoms with van der Waals surface area (Å²) in [5.74, 6) is -1.14. The van der Waals surface area contributed by atoms with Gasteiger partial charge in [0.1, 0.15) is 16.0 Å². The minimum absolute atomic E-state index is 0.0770. The second-order valence-electron chi connectivity index (χ2n) is 9.44. The van der Waals surface area contributed by atoms with E-state index in [2.05, 4.69) is 42.1 Å². The van der Waals surface area contributed by atoms with Gasteiger partial charge < -0.3 is 10.6 Å². The highest BCUT2D eigenvalue weighted by Gasteiger charge is 2.24. The molecule has 4 aromatic carbocycles. The quantitative estimate of drug-likeness (QED) is 0.104. The van der Waals surface area contributed by atoms with Gasteiger partial charge in [-0.2, -0.15) is 0 Å². The van der Waals surface area contributed by atoms with E-state index < -0.39 is 17.1 Å². The third-order valence-corrected chi connectivity index (χ3v) is 8.68. The maximum Gasteiger partial charge on any atom is 0.272 e. The van der Waals surface area contributed by atoms with Crippen molar-refractivity contribution in [1.29, 1.82) is 0 Å². The lowest BCUT2D eigenvalue weighted by molar-refractivity contribution is -0.116. The van der Waals surface area contributed by atoms with Crippen molar-refractivity contribution >= 4 is 73.6 Å². The normalized spacial score (nSPS) is 11.8. The first-order valence-corrected chi connectivity index (χ1v) is 15.9. The van der Waals surface area contributed by atoms with Gasteiger partial charge in [-0.1, -0.05) is 94.0 Å². The van der Waals surface area contributed by atoms with Crippen LogP contribution in [-0.2, 0) is 9.59 Å². The molecule has 0 saturated heterocycles. The van der Waals surface area contributed by atoms with Gasteiger partial charge in [0.25, 0.3) is 11.8 Å². The van der Waals surface area contributed by atoms with Crippen LogP contribution in [0.4, 0.5) is 10.8 Å². The molecule has 0 spiro atoms. The Morgan fingerprint density at radius 1 is 0.841 bits per heavy atom. The third kappa shape index (κ3) is 8.50. The largest absolute Gasteiger partial charge is 0.321 e. The standard InChI is InChI=1S/C33H26BrN5O3S2/c1-21-38-39-33(43-21)37-32(42)29(23-9-4-2-5-10-23)44-27-14-8-13-26(20-27)35-31(41)28(19-22-15-17-25(34)18-16-22)36-30(40)24-11-6-3-7-12-24/h2-20,29H,1H3,(H,35,41)(H,36,40)(H,37,39,42)/b28-19-. The summed E-state index contributed by atoms with van der Waals surface area (Å²) in [5.41, 5.74) is 2.55. The molecule has 8 nitrogen and oxygen atoms in total. The van der Waals surface area contributed by atoms with Gasteiger partial charge in [-0.3, -0.25) is 19.7 Å². The molecule has 11 heteroatoms. The first-order chi connectivity index (χ1) is 21.3. The van der Waals surface area contributed by atoms with E-state index in [1.807, 2.05) is 73.7 Å². The van der Waals surface area contributed by atoms with Crippen LogP contribution in [0.25, 0.3) is 6.08 Å². The molecule has 0 bridgehead atoms. The number of carbonyl (C=O) groups excluding carboxylic acids is 3. The number of anilines is 2. The fourth-order valence-corrected chi connectivity index (χ4v) is 6.01. The molecule has 1 atom stereocenters. The fraction of sp³-hybridized carbons (Fsp3) is 0.0606. The van der Waals surface area contributed by atoms with Crippen molar-refractivity contribution in [3.8, 4) is 0 Å². The number of rotatable bonds is 10. The van der Waals surface area contributed by atoms with Gasteiger partial charge in [-0.05, 0) is 66.6 Å². The van der Waals surface area contributed by atoms with Crippen molar-refractivity contribution in [1.82, 2.24) is 15.5 Å². The predicted molar refractivity (Wildman–Crippen MR) is 179 cm³/mol. The first kappa shape index (κ1) is 30.9. The van der Waals surface area contributed by atoms with Gasteiger partial charge in [0.05, 0.1) is 0 Å². The second kappa shape index (κ2) is 14.7. The van der Waals surface area contributed by atoms with Crippen molar-refractivity contribution in [2.24, 2.45) is 0 Å². The van der Waals surface area contributed by atoms with Crippen LogP contribution in [0.2, 0.25) is 0 Å². The summed E-state index contributed by atoms with van der Waals surface area (Å²) >= 11 is 6.06.